The van der Waals surface area contributed by atoms with Crippen LogP contribution in [0.1, 0.15) is 69.5 Å². The molecule has 1 N–H and O–H groups in total. The van der Waals surface area contributed by atoms with Crippen LogP contribution in [0.3, 0.4) is 0 Å². The van der Waals surface area contributed by atoms with Gasteiger partial charge in [-0.15, -0.1) is 0 Å². The summed E-state index contributed by atoms with van der Waals surface area (Å²) >= 11 is 0. The Balaban J connectivity index is 1.30. The number of hydrogen-bond donors (Lipinski definition) is 1. The second kappa shape index (κ2) is 10.4. The minimum atomic E-state index is -0.362. The van der Waals surface area contributed by atoms with E-state index in [9.17, 15) is 9.59 Å². The van der Waals surface area contributed by atoms with E-state index in [1.54, 1.807) is 12.1 Å². The molecule has 1 aromatic heterocycles. The quantitative estimate of drug-likeness (QED) is 0.526. The monoisotopic (exact) mass is 472 g/mol. The molecule has 35 heavy (non-hydrogen) atoms. The molecule has 0 spiro atoms. The average Bonchev–Trinajstić information content (AvgIpc) is 3.58. The third kappa shape index (κ3) is 5.00. The van der Waals surface area contributed by atoms with Crippen molar-refractivity contribution in [3.05, 3.63) is 89.0 Å². The van der Waals surface area contributed by atoms with Gasteiger partial charge in [0, 0.05) is 31.9 Å². The molecule has 1 atom stereocenters. The number of rotatable bonds is 7. The van der Waals surface area contributed by atoms with Crippen LogP contribution < -0.4 is 5.32 Å². The number of imidazole rings is 1. The number of methoxy groups -OCH3 is 1. The molecule has 7 heteroatoms. The number of ether oxygens (including phenoxy) is 1. The summed E-state index contributed by atoms with van der Waals surface area (Å²) in [5.74, 6) is 0.416. The fourth-order valence-corrected chi connectivity index (χ4v) is 5.43. The number of hydrogen-bond acceptors (Lipinski definition) is 5. The van der Waals surface area contributed by atoms with Crippen molar-refractivity contribution in [2.24, 2.45) is 0 Å². The van der Waals surface area contributed by atoms with E-state index in [4.69, 9.17) is 9.72 Å². The molecule has 1 amide bonds. The molecule has 2 heterocycles. The fraction of sp³-hybridized carbons (Fsp3) is 0.393. The van der Waals surface area contributed by atoms with E-state index in [-0.39, 0.29) is 17.9 Å². The molecule has 1 unspecified atom stereocenters. The van der Waals surface area contributed by atoms with Crippen molar-refractivity contribution < 1.29 is 14.3 Å². The van der Waals surface area contributed by atoms with E-state index in [1.165, 1.54) is 38.4 Å². The van der Waals surface area contributed by atoms with Crippen LogP contribution in [0.25, 0.3) is 0 Å². The molecule has 0 saturated heterocycles. The van der Waals surface area contributed by atoms with Gasteiger partial charge in [-0.05, 0) is 42.5 Å². The van der Waals surface area contributed by atoms with Gasteiger partial charge < -0.3 is 14.6 Å². The van der Waals surface area contributed by atoms with Crippen LogP contribution in [-0.2, 0) is 17.7 Å². The molecule has 7 nitrogen and oxygen atoms in total. The van der Waals surface area contributed by atoms with Gasteiger partial charge in [0.15, 0.2) is 0 Å². The summed E-state index contributed by atoms with van der Waals surface area (Å²) in [6.45, 7) is 2.27. The number of benzene rings is 2. The van der Waals surface area contributed by atoms with Crippen molar-refractivity contribution in [2.45, 2.75) is 50.7 Å². The Morgan fingerprint density at radius 2 is 1.86 bits per heavy atom. The van der Waals surface area contributed by atoms with E-state index in [1.807, 2.05) is 24.4 Å². The zero-order valence-corrected chi connectivity index (χ0v) is 20.2. The smallest absolute Gasteiger partial charge is 0.337 e. The maximum Gasteiger partial charge on any atom is 0.337 e. The summed E-state index contributed by atoms with van der Waals surface area (Å²) < 4.78 is 6.94. The van der Waals surface area contributed by atoms with Crippen molar-refractivity contribution in [3.63, 3.8) is 0 Å². The minimum Gasteiger partial charge on any atom is -0.465 e. The lowest BCUT2D eigenvalue weighted by molar-refractivity contribution is 0.0600. The molecule has 2 aromatic carbocycles. The van der Waals surface area contributed by atoms with E-state index in [0.29, 0.717) is 30.3 Å². The Labute approximate surface area is 206 Å². The zero-order valence-electron chi connectivity index (χ0n) is 20.2. The first-order valence-electron chi connectivity index (χ1n) is 12.5. The maximum absolute atomic E-state index is 13.0. The molecule has 5 rings (SSSR count). The summed E-state index contributed by atoms with van der Waals surface area (Å²) in [4.78, 5) is 32.2. The standard InChI is InChI=1S/C28H32N4O3/c1-35-28(34)22-11-7-8-20(18-22)14-15-29-27(33)24-19-31-16-17-32(23-12-5-6-13-23)25(26(31)30-24)21-9-3-2-4-10-21/h2-4,7-11,18-19,23,25H,5-6,12-17H2,1H3,(H,29,33). The molecule has 1 aliphatic heterocycles. The van der Waals surface area contributed by atoms with Gasteiger partial charge in [-0.25, -0.2) is 9.78 Å². The lowest BCUT2D eigenvalue weighted by atomic mass is 10.00. The van der Waals surface area contributed by atoms with Crippen molar-refractivity contribution >= 4 is 11.9 Å². The molecule has 2 aliphatic rings. The molecule has 0 radical (unpaired) electrons. The predicted molar refractivity (Wildman–Crippen MR) is 133 cm³/mol. The van der Waals surface area contributed by atoms with Gasteiger partial charge in [-0.3, -0.25) is 9.69 Å². The lowest BCUT2D eigenvalue weighted by Gasteiger charge is -2.40. The van der Waals surface area contributed by atoms with Crippen molar-refractivity contribution in [3.8, 4) is 0 Å². The van der Waals surface area contributed by atoms with Gasteiger partial charge in [0.05, 0.1) is 18.7 Å². The molecular formula is C28H32N4O3. The van der Waals surface area contributed by atoms with Crippen LogP contribution >= 0.6 is 0 Å². The number of carbonyl (C=O) groups is 2. The van der Waals surface area contributed by atoms with Crippen molar-refractivity contribution in [1.82, 2.24) is 19.8 Å². The highest BCUT2D eigenvalue weighted by Gasteiger charge is 2.36. The van der Waals surface area contributed by atoms with E-state index in [2.05, 4.69) is 39.0 Å². The van der Waals surface area contributed by atoms with E-state index < -0.39 is 0 Å². The van der Waals surface area contributed by atoms with Crippen LogP contribution in [0.5, 0.6) is 0 Å². The van der Waals surface area contributed by atoms with Crippen molar-refractivity contribution in [2.75, 3.05) is 20.2 Å². The average molecular weight is 473 g/mol. The Bertz CT molecular complexity index is 1180. The summed E-state index contributed by atoms with van der Waals surface area (Å²) in [5, 5.41) is 3.00. The van der Waals surface area contributed by atoms with Gasteiger partial charge in [0.1, 0.15) is 11.5 Å². The first-order valence-corrected chi connectivity index (χ1v) is 12.5. The number of fused-ring (bicyclic) bond motifs is 1. The Hall–Kier alpha value is -3.45. The minimum absolute atomic E-state index is 0.0654. The van der Waals surface area contributed by atoms with Gasteiger partial charge >= 0.3 is 5.97 Å². The Morgan fingerprint density at radius 1 is 1.06 bits per heavy atom. The summed E-state index contributed by atoms with van der Waals surface area (Å²) in [7, 11) is 1.37. The van der Waals surface area contributed by atoms with Gasteiger partial charge in [-0.2, -0.15) is 0 Å². The van der Waals surface area contributed by atoms with Crippen molar-refractivity contribution in [1.29, 1.82) is 0 Å². The van der Waals surface area contributed by atoms with Crippen LogP contribution in [0.4, 0.5) is 0 Å². The Kier molecular flexibility index (Phi) is 6.95. The van der Waals surface area contributed by atoms with E-state index in [0.717, 1.165) is 24.5 Å². The highest BCUT2D eigenvalue weighted by molar-refractivity contribution is 5.92. The van der Waals surface area contributed by atoms with Gasteiger partial charge in [-0.1, -0.05) is 55.3 Å². The van der Waals surface area contributed by atoms with Gasteiger partial charge in [0.2, 0.25) is 0 Å². The van der Waals surface area contributed by atoms with E-state index >= 15 is 0 Å². The zero-order chi connectivity index (χ0) is 24.2. The normalized spacial score (nSPS) is 18.3. The number of nitrogens with zero attached hydrogens (tertiary/aromatic N) is 3. The second-order valence-electron chi connectivity index (χ2n) is 9.36. The SMILES string of the molecule is COC(=O)c1cccc(CCNC(=O)c2cn3c(n2)C(c2ccccc2)N(C2CCCC2)CC3)c1. The predicted octanol–water partition coefficient (Wildman–Crippen LogP) is 3.99. The summed E-state index contributed by atoms with van der Waals surface area (Å²) in [5.41, 5.74) is 3.16. The number of carbonyl (C=O) groups excluding carboxylic acids is 2. The second-order valence-corrected chi connectivity index (χ2v) is 9.36. The highest BCUT2D eigenvalue weighted by Crippen LogP contribution is 2.37. The molecule has 1 fully saturated rings. The van der Waals surface area contributed by atoms with Crippen LogP contribution in [0.2, 0.25) is 0 Å². The lowest BCUT2D eigenvalue weighted by Crippen LogP contribution is -2.44. The van der Waals surface area contributed by atoms with Gasteiger partial charge in [0.25, 0.3) is 5.91 Å². The first-order chi connectivity index (χ1) is 17.1. The largest absolute Gasteiger partial charge is 0.465 e. The molecule has 3 aromatic rings. The fourth-order valence-electron chi connectivity index (χ4n) is 5.43. The molecule has 182 valence electrons. The number of aromatic nitrogens is 2. The molecule has 1 saturated carbocycles. The Morgan fingerprint density at radius 3 is 2.63 bits per heavy atom. The third-order valence-corrected chi connectivity index (χ3v) is 7.17. The van der Waals surface area contributed by atoms with Crippen LogP contribution in [0, 0.1) is 0 Å². The first kappa shape index (κ1) is 23.3. The topological polar surface area (TPSA) is 76.5 Å². The number of esters is 1. The highest BCUT2D eigenvalue weighted by atomic mass is 16.5. The number of amides is 1. The van der Waals surface area contributed by atoms with Crippen LogP contribution in [-0.4, -0.2) is 52.6 Å². The molecule has 0 bridgehead atoms. The summed E-state index contributed by atoms with van der Waals surface area (Å²) in [6, 6.07) is 18.5. The van der Waals surface area contributed by atoms with Crippen LogP contribution in [0.15, 0.2) is 60.8 Å². The molecule has 1 aliphatic carbocycles. The number of nitrogens with one attached hydrogen (secondary N) is 1. The third-order valence-electron chi connectivity index (χ3n) is 7.17. The maximum atomic E-state index is 13.0. The molecular weight excluding hydrogens is 440 g/mol. The summed E-state index contributed by atoms with van der Waals surface area (Å²) in [6.07, 6.45) is 7.54.